The molecule has 2 heterocycles. The largest absolute Gasteiger partial charge is 0.486 e. The Balaban J connectivity index is 1.36. The van der Waals surface area contributed by atoms with Crippen molar-refractivity contribution >= 4 is 17.6 Å². The predicted molar refractivity (Wildman–Crippen MR) is 105 cm³/mol. The van der Waals surface area contributed by atoms with E-state index in [-0.39, 0.29) is 30.4 Å². The van der Waals surface area contributed by atoms with Crippen LogP contribution in [0.5, 0.6) is 11.5 Å². The summed E-state index contributed by atoms with van der Waals surface area (Å²) in [6, 6.07) is 14.6. The molecule has 3 amide bonds. The average molecular weight is 381 g/mol. The first kappa shape index (κ1) is 18.2. The maximum absolute atomic E-state index is 12.5. The normalized spacial score (nSPS) is 19.2. The highest BCUT2D eigenvalue weighted by molar-refractivity contribution is 5.97. The SMILES string of the molecule is CC(NC(=O)NC1CC(=O)N(c2ccc3c(c2)OCCO3)C1)c1ccccc1. The molecule has 0 saturated carbocycles. The van der Waals surface area contributed by atoms with E-state index in [1.54, 1.807) is 4.90 Å². The first-order chi connectivity index (χ1) is 13.6. The van der Waals surface area contributed by atoms with Crippen molar-refractivity contribution < 1.29 is 19.1 Å². The summed E-state index contributed by atoms with van der Waals surface area (Å²) < 4.78 is 11.1. The Bertz CT molecular complexity index is 871. The minimum atomic E-state index is -0.279. The molecule has 0 aliphatic carbocycles. The summed E-state index contributed by atoms with van der Waals surface area (Å²) in [5.41, 5.74) is 1.77. The Kier molecular flexibility index (Phi) is 5.06. The molecule has 146 valence electrons. The number of fused-ring (bicyclic) bond motifs is 1. The lowest BCUT2D eigenvalue weighted by molar-refractivity contribution is -0.117. The van der Waals surface area contributed by atoms with E-state index >= 15 is 0 Å². The van der Waals surface area contributed by atoms with Gasteiger partial charge < -0.3 is 25.0 Å². The van der Waals surface area contributed by atoms with Crippen molar-refractivity contribution in [3.05, 3.63) is 54.1 Å². The van der Waals surface area contributed by atoms with Crippen LogP contribution < -0.4 is 25.0 Å². The molecule has 28 heavy (non-hydrogen) atoms. The molecule has 1 fully saturated rings. The first-order valence-electron chi connectivity index (χ1n) is 9.42. The topological polar surface area (TPSA) is 79.9 Å². The highest BCUT2D eigenvalue weighted by atomic mass is 16.6. The Labute approximate surface area is 163 Å². The lowest BCUT2D eigenvalue weighted by atomic mass is 10.1. The smallest absolute Gasteiger partial charge is 0.315 e. The van der Waals surface area contributed by atoms with Gasteiger partial charge in [0.15, 0.2) is 11.5 Å². The third-order valence-corrected chi connectivity index (χ3v) is 4.94. The number of nitrogens with zero attached hydrogens (tertiary/aromatic N) is 1. The Morgan fingerprint density at radius 1 is 1.11 bits per heavy atom. The fourth-order valence-electron chi connectivity index (χ4n) is 3.50. The fraction of sp³-hybridized carbons (Fsp3) is 0.333. The van der Waals surface area contributed by atoms with Crippen LogP contribution in [-0.2, 0) is 4.79 Å². The van der Waals surface area contributed by atoms with Crippen molar-refractivity contribution in [2.75, 3.05) is 24.7 Å². The maximum Gasteiger partial charge on any atom is 0.315 e. The molecule has 2 aliphatic rings. The van der Waals surface area contributed by atoms with Crippen LogP contribution in [0.4, 0.5) is 10.5 Å². The summed E-state index contributed by atoms with van der Waals surface area (Å²) in [4.78, 5) is 26.5. The monoisotopic (exact) mass is 381 g/mol. The summed E-state index contributed by atoms with van der Waals surface area (Å²) in [6.45, 7) is 3.37. The van der Waals surface area contributed by atoms with Crippen LogP contribution in [-0.4, -0.2) is 37.7 Å². The van der Waals surface area contributed by atoms with E-state index in [1.165, 1.54) is 0 Å². The molecule has 2 N–H and O–H groups in total. The van der Waals surface area contributed by atoms with E-state index in [0.717, 1.165) is 11.3 Å². The highest BCUT2D eigenvalue weighted by Gasteiger charge is 2.32. The molecule has 7 nitrogen and oxygen atoms in total. The average Bonchev–Trinajstić information content (AvgIpc) is 3.08. The molecule has 7 heteroatoms. The molecule has 0 aromatic heterocycles. The molecule has 2 unspecified atom stereocenters. The third-order valence-electron chi connectivity index (χ3n) is 4.94. The number of nitrogens with one attached hydrogen (secondary N) is 2. The van der Waals surface area contributed by atoms with E-state index in [4.69, 9.17) is 9.47 Å². The molecule has 2 atom stereocenters. The number of rotatable bonds is 4. The fourth-order valence-corrected chi connectivity index (χ4v) is 3.50. The molecule has 0 radical (unpaired) electrons. The van der Waals surface area contributed by atoms with Crippen LogP contribution in [0.1, 0.15) is 24.9 Å². The number of anilines is 1. The van der Waals surface area contributed by atoms with Crippen LogP contribution in [0.3, 0.4) is 0 Å². The summed E-state index contributed by atoms with van der Waals surface area (Å²) in [6.07, 6.45) is 0.265. The Morgan fingerprint density at radius 3 is 2.64 bits per heavy atom. The van der Waals surface area contributed by atoms with Crippen LogP contribution >= 0.6 is 0 Å². The van der Waals surface area contributed by atoms with Crippen LogP contribution in [0.2, 0.25) is 0 Å². The van der Waals surface area contributed by atoms with Gasteiger partial charge in [-0.1, -0.05) is 30.3 Å². The van der Waals surface area contributed by atoms with Crippen LogP contribution in [0, 0.1) is 0 Å². The standard InChI is InChI=1S/C21H23N3O4/c1-14(15-5-3-2-4-6-15)22-21(26)23-16-11-20(25)24(13-16)17-7-8-18-19(12-17)28-10-9-27-18/h2-8,12,14,16H,9-11,13H2,1H3,(H2,22,23,26). The summed E-state index contributed by atoms with van der Waals surface area (Å²) >= 11 is 0. The predicted octanol–water partition coefficient (Wildman–Crippen LogP) is 2.62. The lowest BCUT2D eigenvalue weighted by Crippen LogP contribution is -2.44. The van der Waals surface area contributed by atoms with Gasteiger partial charge in [-0.15, -0.1) is 0 Å². The van der Waals surface area contributed by atoms with Crippen molar-refractivity contribution in [2.45, 2.75) is 25.4 Å². The quantitative estimate of drug-likeness (QED) is 0.853. The summed E-state index contributed by atoms with van der Waals surface area (Å²) in [5.74, 6) is 1.30. The van der Waals surface area contributed by atoms with E-state index < -0.39 is 0 Å². The van der Waals surface area contributed by atoms with E-state index in [2.05, 4.69) is 10.6 Å². The van der Waals surface area contributed by atoms with Gasteiger partial charge >= 0.3 is 6.03 Å². The van der Waals surface area contributed by atoms with Crippen molar-refractivity contribution in [3.8, 4) is 11.5 Å². The number of hydrogen-bond donors (Lipinski definition) is 2. The minimum Gasteiger partial charge on any atom is -0.486 e. The van der Waals surface area contributed by atoms with Gasteiger partial charge in [0.1, 0.15) is 13.2 Å². The zero-order chi connectivity index (χ0) is 19.5. The van der Waals surface area contributed by atoms with Gasteiger partial charge in [0.2, 0.25) is 5.91 Å². The number of ether oxygens (including phenoxy) is 2. The molecule has 1 saturated heterocycles. The number of carbonyl (C=O) groups excluding carboxylic acids is 2. The second kappa shape index (κ2) is 7.80. The molecule has 2 aliphatic heterocycles. The first-order valence-corrected chi connectivity index (χ1v) is 9.42. The number of benzene rings is 2. The zero-order valence-electron chi connectivity index (χ0n) is 15.7. The van der Waals surface area contributed by atoms with Crippen molar-refractivity contribution in [2.24, 2.45) is 0 Å². The molecule has 0 bridgehead atoms. The van der Waals surface area contributed by atoms with Crippen molar-refractivity contribution in [3.63, 3.8) is 0 Å². The molecule has 0 spiro atoms. The van der Waals surface area contributed by atoms with Gasteiger partial charge in [-0.2, -0.15) is 0 Å². The van der Waals surface area contributed by atoms with Crippen LogP contribution in [0.25, 0.3) is 0 Å². The second-order valence-corrected chi connectivity index (χ2v) is 6.98. The number of carbonyl (C=O) groups is 2. The highest BCUT2D eigenvalue weighted by Crippen LogP contribution is 2.35. The summed E-state index contributed by atoms with van der Waals surface area (Å²) in [7, 11) is 0. The molecular formula is C21H23N3O4. The summed E-state index contributed by atoms with van der Waals surface area (Å²) in [5, 5.41) is 5.82. The lowest BCUT2D eigenvalue weighted by Gasteiger charge is -2.22. The van der Waals surface area contributed by atoms with Crippen LogP contribution in [0.15, 0.2) is 48.5 Å². The molecule has 2 aromatic carbocycles. The van der Waals surface area contributed by atoms with Crippen molar-refractivity contribution in [1.29, 1.82) is 0 Å². The Morgan fingerprint density at radius 2 is 1.86 bits per heavy atom. The second-order valence-electron chi connectivity index (χ2n) is 6.98. The van der Waals surface area contributed by atoms with Gasteiger partial charge in [-0.05, 0) is 24.6 Å². The number of amides is 3. The van der Waals surface area contributed by atoms with Gasteiger partial charge in [-0.3, -0.25) is 4.79 Å². The minimum absolute atomic E-state index is 0.0296. The van der Waals surface area contributed by atoms with E-state index in [0.29, 0.717) is 31.3 Å². The number of hydrogen-bond acceptors (Lipinski definition) is 4. The van der Waals surface area contributed by atoms with Gasteiger partial charge in [0, 0.05) is 24.7 Å². The van der Waals surface area contributed by atoms with Gasteiger partial charge in [-0.25, -0.2) is 4.79 Å². The third kappa shape index (κ3) is 3.88. The molecular weight excluding hydrogens is 358 g/mol. The number of urea groups is 1. The van der Waals surface area contributed by atoms with Crippen molar-refractivity contribution in [1.82, 2.24) is 10.6 Å². The van der Waals surface area contributed by atoms with E-state index in [9.17, 15) is 9.59 Å². The maximum atomic E-state index is 12.5. The molecule has 2 aromatic rings. The zero-order valence-corrected chi connectivity index (χ0v) is 15.7. The van der Waals surface area contributed by atoms with Gasteiger partial charge in [0.05, 0.1) is 12.1 Å². The Hall–Kier alpha value is -3.22. The molecule has 4 rings (SSSR count). The van der Waals surface area contributed by atoms with E-state index in [1.807, 2.05) is 55.5 Å². The van der Waals surface area contributed by atoms with Gasteiger partial charge in [0.25, 0.3) is 0 Å².